The summed E-state index contributed by atoms with van der Waals surface area (Å²) >= 11 is 5.61. The fourth-order valence-corrected chi connectivity index (χ4v) is 2.29. The van der Waals surface area contributed by atoms with Crippen molar-refractivity contribution in [2.75, 3.05) is 5.32 Å². The first kappa shape index (κ1) is 16.4. The fraction of sp³-hybridized carbons (Fsp3) is 0.188. The first-order valence-electron chi connectivity index (χ1n) is 6.44. The second-order valence-electron chi connectivity index (χ2n) is 4.96. The molecule has 0 radical (unpaired) electrons. The molecule has 6 heteroatoms. The summed E-state index contributed by atoms with van der Waals surface area (Å²) in [5, 5.41) is 2.26. The van der Waals surface area contributed by atoms with Crippen LogP contribution < -0.4 is 5.32 Å². The lowest BCUT2D eigenvalue weighted by Gasteiger charge is -2.15. The summed E-state index contributed by atoms with van der Waals surface area (Å²) in [6.07, 6.45) is -4.60. The minimum Gasteiger partial charge on any atom is -0.321 e. The molecule has 2 aromatic carbocycles. The van der Waals surface area contributed by atoms with Crippen LogP contribution in [0.4, 0.5) is 18.9 Å². The summed E-state index contributed by atoms with van der Waals surface area (Å²) in [5.74, 6) is -0.592. The molecule has 1 N–H and O–H groups in total. The van der Waals surface area contributed by atoms with Crippen LogP contribution in [-0.4, -0.2) is 5.91 Å². The molecular weight excluding hydrogens is 315 g/mol. The third kappa shape index (κ3) is 3.60. The average Bonchev–Trinajstić information content (AvgIpc) is 2.39. The van der Waals surface area contributed by atoms with Crippen molar-refractivity contribution in [2.45, 2.75) is 20.0 Å². The van der Waals surface area contributed by atoms with E-state index in [9.17, 15) is 18.0 Å². The molecule has 0 aliphatic rings. The highest BCUT2D eigenvalue weighted by atomic mass is 35.5. The Morgan fingerprint density at radius 3 is 2.36 bits per heavy atom. The molecule has 0 atom stereocenters. The van der Waals surface area contributed by atoms with E-state index in [0.717, 1.165) is 17.7 Å². The molecule has 0 aliphatic heterocycles. The Kier molecular flexibility index (Phi) is 4.47. The number of carbonyl (C=O) groups excluding carboxylic acids is 1. The molecule has 0 bridgehead atoms. The largest absolute Gasteiger partial charge is 0.418 e. The van der Waals surface area contributed by atoms with Crippen LogP contribution in [0.2, 0.25) is 5.02 Å². The first-order chi connectivity index (χ1) is 10.2. The van der Waals surface area contributed by atoms with Gasteiger partial charge in [0, 0.05) is 10.6 Å². The van der Waals surface area contributed by atoms with E-state index < -0.39 is 17.6 Å². The summed E-state index contributed by atoms with van der Waals surface area (Å²) in [5.41, 5.74) is 0.699. The van der Waals surface area contributed by atoms with Crippen molar-refractivity contribution in [1.29, 1.82) is 0 Å². The Hall–Kier alpha value is -2.01. The Morgan fingerprint density at radius 2 is 1.77 bits per heavy atom. The average molecular weight is 328 g/mol. The highest BCUT2D eigenvalue weighted by molar-refractivity contribution is 6.30. The van der Waals surface area contributed by atoms with Gasteiger partial charge in [-0.15, -0.1) is 0 Å². The van der Waals surface area contributed by atoms with Gasteiger partial charge in [0.1, 0.15) is 0 Å². The van der Waals surface area contributed by atoms with Gasteiger partial charge in [0.05, 0.1) is 11.3 Å². The number of amides is 1. The van der Waals surface area contributed by atoms with Crippen molar-refractivity contribution in [3.63, 3.8) is 0 Å². The molecule has 1 amide bonds. The second kappa shape index (κ2) is 6.01. The topological polar surface area (TPSA) is 29.1 Å². The summed E-state index contributed by atoms with van der Waals surface area (Å²) in [7, 11) is 0. The van der Waals surface area contributed by atoms with Crippen molar-refractivity contribution in [2.24, 2.45) is 0 Å². The zero-order chi connectivity index (χ0) is 16.5. The zero-order valence-corrected chi connectivity index (χ0v) is 12.6. The van der Waals surface area contributed by atoms with Crippen molar-refractivity contribution in [3.05, 3.63) is 63.7 Å². The number of hydrogen-bond donors (Lipinski definition) is 1. The number of nitrogens with one attached hydrogen (secondary N) is 1. The van der Waals surface area contributed by atoms with Gasteiger partial charge in [-0.3, -0.25) is 4.79 Å². The maximum absolute atomic E-state index is 13.0. The molecule has 0 saturated carbocycles. The summed E-state index contributed by atoms with van der Waals surface area (Å²) in [6.45, 7) is 3.60. The van der Waals surface area contributed by atoms with Crippen molar-refractivity contribution < 1.29 is 18.0 Å². The quantitative estimate of drug-likeness (QED) is 0.804. The highest BCUT2D eigenvalue weighted by Crippen LogP contribution is 2.36. The van der Waals surface area contributed by atoms with Crippen LogP contribution in [0.3, 0.4) is 0 Å². The number of alkyl halides is 3. The molecule has 0 spiro atoms. The lowest BCUT2D eigenvalue weighted by molar-refractivity contribution is -0.136. The van der Waals surface area contributed by atoms with E-state index in [1.807, 2.05) is 6.92 Å². The van der Waals surface area contributed by atoms with E-state index in [0.29, 0.717) is 11.1 Å². The number of aryl methyl sites for hydroxylation is 2. The standard InChI is InChI=1S/C16H13ClF3NO/c1-9-3-5-12(10(2)7-9)15(22)21-14-6-4-11(17)8-13(14)16(18,19)20/h3-8H,1-2H3,(H,21,22). The molecule has 116 valence electrons. The molecule has 0 aromatic heterocycles. The molecule has 0 heterocycles. The molecule has 0 fully saturated rings. The van der Waals surface area contributed by atoms with Crippen LogP contribution in [0.15, 0.2) is 36.4 Å². The molecule has 2 nitrogen and oxygen atoms in total. The van der Waals surface area contributed by atoms with Gasteiger partial charge in [-0.1, -0.05) is 29.3 Å². The Bertz CT molecular complexity index is 726. The minimum atomic E-state index is -4.60. The van der Waals surface area contributed by atoms with Gasteiger partial charge < -0.3 is 5.32 Å². The number of hydrogen-bond acceptors (Lipinski definition) is 1. The van der Waals surface area contributed by atoms with E-state index in [2.05, 4.69) is 5.32 Å². The minimum absolute atomic E-state index is 0.0446. The normalized spacial score (nSPS) is 11.4. The zero-order valence-electron chi connectivity index (χ0n) is 11.9. The van der Waals surface area contributed by atoms with Crippen LogP contribution in [-0.2, 0) is 6.18 Å². The van der Waals surface area contributed by atoms with Gasteiger partial charge in [0.2, 0.25) is 0 Å². The first-order valence-corrected chi connectivity index (χ1v) is 6.81. The van der Waals surface area contributed by atoms with Gasteiger partial charge in [0.25, 0.3) is 5.91 Å². The maximum Gasteiger partial charge on any atom is 0.418 e. The monoisotopic (exact) mass is 327 g/mol. The molecule has 2 aromatic rings. The molecule has 0 aliphatic carbocycles. The predicted octanol–water partition coefficient (Wildman–Crippen LogP) is 5.23. The van der Waals surface area contributed by atoms with Gasteiger partial charge in [0.15, 0.2) is 0 Å². The smallest absolute Gasteiger partial charge is 0.321 e. The molecule has 0 saturated heterocycles. The van der Waals surface area contributed by atoms with E-state index >= 15 is 0 Å². The Morgan fingerprint density at radius 1 is 1.09 bits per heavy atom. The van der Waals surface area contributed by atoms with Gasteiger partial charge >= 0.3 is 6.18 Å². The molecule has 2 rings (SSSR count). The Labute approximate surface area is 130 Å². The van der Waals surface area contributed by atoms with Crippen LogP contribution in [0, 0.1) is 13.8 Å². The summed E-state index contributed by atoms with van der Waals surface area (Å²) < 4.78 is 39.0. The number of rotatable bonds is 2. The fourth-order valence-electron chi connectivity index (χ4n) is 2.12. The van der Waals surface area contributed by atoms with Crippen LogP contribution in [0.1, 0.15) is 27.0 Å². The van der Waals surface area contributed by atoms with Gasteiger partial charge in [-0.05, 0) is 43.7 Å². The lowest BCUT2D eigenvalue weighted by atomic mass is 10.0. The van der Waals surface area contributed by atoms with Crippen molar-refractivity contribution >= 4 is 23.2 Å². The van der Waals surface area contributed by atoms with Crippen LogP contribution >= 0.6 is 11.6 Å². The second-order valence-corrected chi connectivity index (χ2v) is 5.40. The molecular formula is C16H13ClF3NO. The van der Waals surface area contributed by atoms with E-state index in [1.54, 1.807) is 25.1 Å². The van der Waals surface area contributed by atoms with E-state index in [1.165, 1.54) is 6.07 Å². The molecule has 22 heavy (non-hydrogen) atoms. The summed E-state index contributed by atoms with van der Waals surface area (Å²) in [6, 6.07) is 8.35. The Balaban J connectivity index is 2.36. The van der Waals surface area contributed by atoms with Crippen molar-refractivity contribution in [1.82, 2.24) is 0 Å². The highest BCUT2D eigenvalue weighted by Gasteiger charge is 2.34. The SMILES string of the molecule is Cc1ccc(C(=O)Nc2ccc(Cl)cc2C(F)(F)F)c(C)c1. The lowest BCUT2D eigenvalue weighted by Crippen LogP contribution is -2.17. The van der Waals surface area contributed by atoms with E-state index in [4.69, 9.17) is 11.6 Å². The third-order valence-corrected chi connectivity index (χ3v) is 3.40. The number of anilines is 1. The predicted molar refractivity (Wildman–Crippen MR) is 80.3 cm³/mol. The van der Waals surface area contributed by atoms with Gasteiger partial charge in [-0.25, -0.2) is 0 Å². The number of halogens is 4. The third-order valence-electron chi connectivity index (χ3n) is 3.16. The van der Waals surface area contributed by atoms with Crippen LogP contribution in [0.25, 0.3) is 0 Å². The van der Waals surface area contributed by atoms with Crippen molar-refractivity contribution in [3.8, 4) is 0 Å². The molecule has 0 unspecified atom stereocenters. The van der Waals surface area contributed by atoms with Gasteiger partial charge in [-0.2, -0.15) is 13.2 Å². The number of carbonyl (C=O) groups is 1. The van der Waals surface area contributed by atoms with E-state index in [-0.39, 0.29) is 10.7 Å². The summed E-state index contributed by atoms with van der Waals surface area (Å²) in [4.78, 5) is 12.2. The number of benzene rings is 2. The van der Waals surface area contributed by atoms with Crippen LogP contribution in [0.5, 0.6) is 0 Å². The maximum atomic E-state index is 13.0.